The molecule has 0 spiro atoms. The molecule has 1 aliphatic rings. The number of nitriles is 1. The van der Waals surface area contributed by atoms with Crippen molar-refractivity contribution in [3.8, 4) is 6.07 Å². The molecule has 1 amide bonds. The summed E-state index contributed by atoms with van der Waals surface area (Å²) in [4.78, 5) is 33.8. The van der Waals surface area contributed by atoms with E-state index in [0.29, 0.717) is 19.5 Å². The summed E-state index contributed by atoms with van der Waals surface area (Å²) >= 11 is 1.03. The van der Waals surface area contributed by atoms with Gasteiger partial charge in [-0.3, -0.25) is 9.59 Å². The highest BCUT2D eigenvalue weighted by atomic mass is 32.2. The number of benzene rings is 1. The molecule has 1 aromatic heterocycles. The first-order valence-electron chi connectivity index (χ1n) is 9.79. The Morgan fingerprint density at radius 3 is 2.84 bits per heavy atom. The molecular weight excluding hydrogens is 422 g/mol. The lowest BCUT2D eigenvalue weighted by molar-refractivity contribution is -0.132. The third kappa shape index (κ3) is 5.02. The van der Waals surface area contributed by atoms with E-state index in [0.717, 1.165) is 23.4 Å². The van der Waals surface area contributed by atoms with Gasteiger partial charge in [0.05, 0.1) is 5.69 Å². The molecule has 3 rings (SSSR count). The first kappa shape index (κ1) is 22.7. The monoisotopic (exact) mass is 444 g/mol. The van der Waals surface area contributed by atoms with Crippen LogP contribution in [-0.2, 0) is 10.5 Å². The van der Waals surface area contributed by atoms with Crippen molar-refractivity contribution >= 4 is 17.7 Å². The van der Waals surface area contributed by atoms with Crippen molar-refractivity contribution in [2.24, 2.45) is 5.92 Å². The number of carbonyl (C=O) groups is 1. The van der Waals surface area contributed by atoms with Crippen LogP contribution < -0.4 is 5.56 Å². The molecule has 1 fully saturated rings. The second-order valence-corrected chi connectivity index (χ2v) is 8.47. The van der Waals surface area contributed by atoms with Gasteiger partial charge < -0.3 is 9.88 Å². The van der Waals surface area contributed by atoms with Crippen LogP contribution in [0.4, 0.5) is 8.78 Å². The van der Waals surface area contributed by atoms with E-state index in [1.54, 1.807) is 4.90 Å². The van der Waals surface area contributed by atoms with E-state index in [-0.39, 0.29) is 45.5 Å². The molecule has 2 atom stereocenters. The van der Waals surface area contributed by atoms with Gasteiger partial charge in [-0.15, -0.1) is 0 Å². The molecule has 2 aromatic rings. The molecule has 0 saturated heterocycles. The van der Waals surface area contributed by atoms with Crippen molar-refractivity contribution in [2.45, 2.75) is 37.1 Å². The Labute approximate surface area is 183 Å². The van der Waals surface area contributed by atoms with Gasteiger partial charge in [-0.25, -0.2) is 13.8 Å². The first-order valence-corrected chi connectivity index (χ1v) is 10.8. The number of carbonyl (C=O) groups excluding carboxylic acids is 1. The molecule has 1 saturated carbocycles. The van der Waals surface area contributed by atoms with Gasteiger partial charge in [0.1, 0.15) is 11.6 Å². The Balaban J connectivity index is 1.81. The SMILES string of the molecule is C=C(C)CN(CC)C(=O)[C@@H]1C[C@H]1c1nc(SCc2cccc(F)c2F)[nH]c(=O)c1C#N. The van der Waals surface area contributed by atoms with E-state index in [4.69, 9.17) is 0 Å². The topological polar surface area (TPSA) is 89.8 Å². The minimum Gasteiger partial charge on any atom is -0.339 e. The number of aromatic amines is 1. The quantitative estimate of drug-likeness (QED) is 0.381. The maximum Gasteiger partial charge on any atom is 0.269 e. The molecule has 162 valence electrons. The van der Waals surface area contributed by atoms with Crippen LogP contribution in [0.2, 0.25) is 0 Å². The van der Waals surface area contributed by atoms with Gasteiger partial charge >= 0.3 is 0 Å². The normalized spacial score (nSPS) is 17.1. The molecule has 0 radical (unpaired) electrons. The second-order valence-electron chi connectivity index (χ2n) is 7.50. The second kappa shape index (κ2) is 9.43. The van der Waals surface area contributed by atoms with Gasteiger partial charge in [-0.05, 0) is 26.3 Å². The summed E-state index contributed by atoms with van der Waals surface area (Å²) in [6, 6.07) is 5.75. The number of H-pyrrole nitrogens is 1. The van der Waals surface area contributed by atoms with Crippen molar-refractivity contribution in [3.63, 3.8) is 0 Å². The first-order chi connectivity index (χ1) is 14.8. The van der Waals surface area contributed by atoms with E-state index in [1.165, 1.54) is 12.1 Å². The molecule has 1 N–H and O–H groups in total. The van der Waals surface area contributed by atoms with Gasteiger partial charge in [0, 0.05) is 36.2 Å². The molecule has 0 aliphatic heterocycles. The third-order valence-corrected chi connectivity index (χ3v) is 5.97. The average Bonchev–Trinajstić information content (AvgIpc) is 3.52. The number of nitrogens with one attached hydrogen (secondary N) is 1. The number of rotatable bonds is 8. The Hall–Kier alpha value is -2.99. The van der Waals surface area contributed by atoms with Gasteiger partial charge in [0.2, 0.25) is 5.91 Å². The minimum absolute atomic E-state index is 0.0487. The molecule has 0 unspecified atom stereocenters. The van der Waals surface area contributed by atoms with Crippen molar-refractivity contribution in [3.05, 3.63) is 69.2 Å². The van der Waals surface area contributed by atoms with E-state index < -0.39 is 17.2 Å². The van der Waals surface area contributed by atoms with Crippen LogP contribution >= 0.6 is 11.8 Å². The van der Waals surface area contributed by atoms with Crippen molar-refractivity contribution in [2.75, 3.05) is 13.1 Å². The van der Waals surface area contributed by atoms with Gasteiger partial charge in [-0.1, -0.05) is 36.0 Å². The summed E-state index contributed by atoms with van der Waals surface area (Å²) in [5, 5.41) is 9.62. The lowest BCUT2D eigenvalue weighted by Crippen LogP contribution is -2.33. The van der Waals surface area contributed by atoms with E-state index >= 15 is 0 Å². The van der Waals surface area contributed by atoms with Crippen LogP contribution in [0, 0.1) is 28.9 Å². The zero-order valence-corrected chi connectivity index (χ0v) is 18.1. The zero-order chi connectivity index (χ0) is 22.7. The summed E-state index contributed by atoms with van der Waals surface area (Å²) in [6.07, 6.45) is 0.499. The van der Waals surface area contributed by atoms with Crippen LogP contribution in [0.5, 0.6) is 0 Å². The lowest BCUT2D eigenvalue weighted by Gasteiger charge is -2.21. The zero-order valence-electron chi connectivity index (χ0n) is 17.2. The minimum atomic E-state index is -0.949. The van der Waals surface area contributed by atoms with Crippen LogP contribution in [-0.4, -0.2) is 33.9 Å². The average molecular weight is 445 g/mol. The van der Waals surface area contributed by atoms with Crippen molar-refractivity contribution in [1.29, 1.82) is 5.26 Å². The Kier molecular flexibility index (Phi) is 6.91. The van der Waals surface area contributed by atoms with E-state index in [9.17, 15) is 23.6 Å². The molecule has 1 heterocycles. The van der Waals surface area contributed by atoms with Gasteiger partial charge in [0.25, 0.3) is 5.56 Å². The number of amides is 1. The Bertz CT molecular complexity index is 1130. The molecule has 31 heavy (non-hydrogen) atoms. The number of thioether (sulfide) groups is 1. The van der Waals surface area contributed by atoms with Crippen molar-refractivity contribution < 1.29 is 13.6 Å². The number of likely N-dealkylation sites (N-methyl/N-ethyl adjacent to an activating group) is 1. The fourth-order valence-electron chi connectivity index (χ4n) is 3.40. The third-order valence-electron chi connectivity index (χ3n) is 5.05. The summed E-state index contributed by atoms with van der Waals surface area (Å²) in [5.74, 6) is -2.58. The smallest absolute Gasteiger partial charge is 0.269 e. The lowest BCUT2D eigenvalue weighted by atomic mass is 10.1. The van der Waals surface area contributed by atoms with Crippen molar-refractivity contribution in [1.82, 2.24) is 14.9 Å². The largest absolute Gasteiger partial charge is 0.339 e. The van der Waals surface area contributed by atoms with Crippen LogP contribution in [0.3, 0.4) is 0 Å². The van der Waals surface area contributed by atoms with E-state index in [1.807, 2.05) is 19.9 Å². The fourth-order valence-corrected chi connectivity index (χ4v) is 4.24. The maximum atomic E-state index is 13.9. The van der Waals surface area contributed by atoms with Crippen LogP contribution in [0.1, 0.15) is 43.0 Å². The highest BCUT2D eigenvalue weighted by Crippen LogP contribution is 2.48. The summed E-state index contributed by atoms with van der Waals surface area (Å²) < 4.78 is 27.3. The summed E-state index contributed by atoms with van der Waals surface area (Å²) in [7, 11) is 0. The molecular formula is C22H22F2N4O2S. The highest BCUT2D eigenvalue weighted by Gasteiger charge is 2.48. The molecule has 1 aliphatic carbocycles. The van der Waals surface area contributed by atoms with Gasteiger partial charge in [-0.2, -0.15) is 5.26 Å². The maximum absolute atomic E-state index is 13.9. The molecule has 6 nitrogen and oxygen atoms in total. The summed E-state index contributed by atoms with van der Waals surface area (Å²) in [5.41, 5.74) is 0.545. The number of nitrogens with zero attached hydrogens (tertiary/aromatic N) is 3. The fraction of sp³-hybridized carbons (Fsp3) is 0.364. The Morgan fingerprint density at radius 2 is 2.19 bits per heavy atom. The van der Waals surface area contributed by atoms with Crippen LogP contribution in [0.25, 0.3) is 0 Å². The molecule has 9 heteroatoms. The molecule has 1 aromatic carbocycles. The highest BCUT2D eigenvalue weighted by molar-refractivity contribution is 7.98. The Morgan fingerprint density at radius 1 is 1.45 bits per heavy atom. The summed E-state index contributed by atoms with van der Waals surface area (Å²) in [6.45, 7) is 8.55. The predicted octanol–water partition coefficient (Wildman–Crippen LogP) is 3.74. The number of aromatic nitrogens is 2. The predicted molar refractivity (Wildman–Crippen MR) is 113 cm³/mol. The van der Waals surface area contributed by atoms with Crippen LogP contribution in [0.15, 0.2) is 40.3 Å². The standard InChI is InChI=1S/C22H22F2N4O2S/c1-4-28(10-12(2)3)21(30)15-8-14(15)19-16(9-25)20(29)27-22(26-19)31-11-13-6-5-7-17(23)18(13)24/h5-7,14-15H,2,4,8,10-11H2,1,3H3,(H,26,27,29)/t14-,15-/m1/s1. The van der Waals surface area contributed by atoms with Gasteiger partial charge in [0.15, 0.2) is 16.8 Å². The number of halogens is 2. The number of hydrogen-bond acceptors (Lipinski definition) is 5. The van der Waals surface area contributed by atoms with E-state index in [2.05, 4.69) is 16.5 Å². The number of hydrogen-bond donors (Lipinski definition) is 1. The molecule has 0 bridgehead atoms.